The van der Waals surface area contributed by atoms with Crippen molar-refractivity contribution in [3.05, 3.63) is 96.2 Å². The van der Waals surface area contributed by atoms with E-state index in [9.17, 15) is 39.6 Å². The number of aliphatic carboxylic acids is 1. The summed E-state index contributed by atoms with van der Waals surface area (Å²) in [5.41, 5.74) is 12.5. The topological polar surface area (TPSA) is 235 Å². The molecular formula is C46H70N4O10. The van der Waals surface area contributed by atoms with E-state index in [1.807, 2.05) is 37.9 Å². The van der Waals surface area contributed by atoms with Crippen LogP contribution >= 0.6 is 0 Å². The molecule has 0 radical (unpaired) electrons. The van der Waals surface area contributed by atoms with Crippen LogP contribution in [0.25, 0.3) is 0 Å². The maximum absolute atomic E-state index is 12.3. The highest BCUT2D eigenvalue weighted by Crippen LogP contribution is 2.29. The monoisotopic (exact) mass is 839 g/mol. The standard InChI is InChI=1S/C46H70N4O10/c1-30(21-15-12-13-20-28-50(6)46(47)48)22-16-14-17-23-31(2)29-34(5)41(59-45-40(55)38(53)39(54)42(60-45)44(57)58)32(3)24-18-10-8-7-9-11-19-25-33(4)43(56)49-37-35(51)26-27-36(37)52/h7-12,15-16,18-19,22,24-25,29-32,37-42,45-46,53-55H,13-14,17,20-21,23,26-28,47-48H2,1-6H3,(H,49,56)(H,57,58)/b9-7+,10-8+,15-12+,19-11+,22-16+,24-18+,33-25+,34-29+. The van der Waals surface area contributed by atoms with Gasteiger partial charge in [0.25, 0.3) is 0 Å². The number of hydrogen-bond acceptors (Lipinski definition) is 12. The molecule has 0 aromatic heterocycles. The Kier molecular flexibility index (Phi) is 24.0. The summed E-state index contributed by atoms with van der Waals surface area (Å²) in [5.74, 6) is -2.18. The lowest BCUT2D eigenvalue weighted by Gasteiger charge is -2.40. The van der Waals surface area contributed by atoms with Crippen molar-refractivity contribution in [1.82, 2.24) is 10.2 Å². The van der Waals surface area contributed by atoms with Gasteiger partial charge in [-0.05, 0) is 76.8 Å². The first-order valence-electron chi connectivity index (χ1n) is 20.9. The smallest absolute Gasteiger partial charge is 0.335 e. The Morgan fingerprint density at radius 3 is 2.10 bits per heavy atom. The molecule has 1 heterocycles. The van der Waals surface area contributed by atoms with Crippen molar-refractivity contribution in [2.45, 2.75) is 135 Å². The molecule has 0 spiro atoms. The van der Waals surface area contributed by atoms with Crippen molar-refractivity contribution in [3.63, 3.8) is 0 Å². The van der Waals surface area contributed by atoms with Gasteiger partial charge in [0.2, 0.25) is 5.91 Å². The second-order valence-electron chi connectivity index (χ2n) is 15.9. The van der Waals surface area contributed by atoms with Crippen molar-refractivity contribution in [2.75, 3.05) is 13.6 Å². The van der Waals surface area contributed by atoms with Gasteiger partial charge in [-0.25, -0.2) is 4.79 Å². The van der Waals surface area contributed by atoms with E-state index in [1.54, 1.807) is 49.5 Å². The summed E-state index contributed by atoms with van der Waals surface area (Å²) in [6.07, 6.45) is 23.3. The normalized spacial score (nSPS) is 24.8. The fourth-order valence-electron chi connectivity index (χ4n) is 6.64. The first-order chi connectivity index (χ1) is 28.4. The van der Waals surface area contributed by atoms with Crippen LogP contribution in [0.5, 0.6) is 0 Å². The minimum absolute atomic E-state index is 0.153. The SMILES string of the molecule is C\C(=C/C=C/C=C/C=C/C=C/C(C)C(OC1OC(C(=O)O)C(O)C(O)C1O)/C(C)=C/C(C)CCC/C=C/C(C)C/C=C/CCCN(C)C(N)N)C(=O)NC1C(=O)CCC1=O. The van der Waals surface area contributed by atoms with Crippen molar-refractivity contribution >= 4 is 23.4 Å². The number of allylic oxidation sites excluding steroid dienone is 13. The number of nitrogens with two attached hydrogens (primary N) is 2. The summed E-state index contributed by atoms with van der Waals surface area (Å²) in [4.78, 5) is 49.6. The van der Waals surface area contributed by atoms with Gasteiger partial charge in [-0.1, -0.05) is 106 Å². The number of rotatable bonds is 25. The van der Waals surface area contributed by atoms with Crippen LogP contribution in [0.3, 0.4) is 0 Å². The van der Waals surface area contributed by atoms with Gasteiger partial charge in [0, 0.05) is 30.9 Å². The minimum Gasteiger partial charge on any atom is -0.479 e. The number of carbonyl (C=O) groups is 4. The lowest BCUT2D eigenvalue weighted by atomic mass is 9.92. The largest absolute Gasteiger partial charge is 0.479 e. The van der Waals surface area contributed by atoms with Gasteiger partial charge in [0.05, 0.1) is 6.10 Å². The van der Waals surface area contributed by atoms with Gasteiger partial charge >= 0.3 is 5.97 Å². The Balaban J connectivity index is 2.00. The molecule has 9 N–H and O–H groups in total. The molecule has 1 aliphatic heterocycles. The molecule has 0 bridgehead atoms. The van der Waals surface area contributed by atoms with E-state index >= 15 is 0 Å². The summed E-state index contributed by atoms with van der Waals surface area (Å²) in [5, 5.41) is 43.4. The third kappa shape index (κ3) is 18.7. The number of nitrogens with one attached hydrogen (secondary N) is 1. The van der Waals surface area contributed by atoms with Crippen LogP contribution in [0.15, 0.2) is 96.2 Å². The maximum Gasteiger partial charge on any atom is 0.335 e. The Hall–Kier alpha value is -4.12. The van der Waals surface area contributed by atoms with Crippen LogP contribution in [-0.2, 0) is 28.7 Å². The van der Waals surface area contributed by atoms with E-state index < -0.39 is 61.0 Å². The van der Waals surface area contributed by atoms with Crippen molar-refractivity contribution in [3.8, 4) is 0 Å². The lowest BCUT2D eigenvalue weighted by molar-refractivity contribution is -0.303. The highest BCUT2D eigenvalue weighted by molar-refractivity contribution is 6.15. The third-order valence-corrected chi connectivity index (χ3v) is 10.5. The van der Waals surface area contributed by atoms with E-state index in [2.05, 4.69) is 49.5 Å². The van der Waals surface area contributed by atoms with Gasteiger partial charge in [-0.2, -0.15) is 0 Å². The maximum atomic E-state index is 12.3. The molecule has 0 aromatic carbocycles. The number of unbranched alkanes of at least 4 members (excludes halogenated alkanes) is 2. The zero-order chi connectivity index (χ0) is 44.8. The Labute approximate surface area is 356 Å². The van der Waals surface area contributed by atoms with E-state index in [0.29, 0.717) is 11.5 Å². The quantitative estimate of drug-likeness (QED) is 0.0170. The number of ether oxygens (including phenoxy) is 2. The van der Waals surface area contributed by atoms with Gasteiger partial charge in [-0.3, -0.25) is 19.3 Å². The van der Waals surface area contributed by atoms with Crippen LogP contribution in [0.4, 0.5) is 0 Å². The number of amides is 1. The predicted octanol–water partition coefficient (Wildman–Crippen LogP) is 4.29. The van der Waals surface area contributed by atoms with Crippen LogP contribution in [0, 0.1) is 17.8 Å². The molecule has 1 amide bonds. The number of aliphatic hydroxyl groups is 3. The van der Waals surface area contributed by atoms with Gasteiger partial charge < -0.3 is 46.7 Å². The van der Waals surface area contributed by atoms with Crippen molar-refractivity contribution in [1.29, 1.82) is 0 Å². The average molecular weight is 839 g/mol. The fourth-order valence-corrected chi connectivity index (χ4v) is 6.64. The lowest BCUT2D eigenvalue weighted by Crippen LogP contribution is -2.61. The number of carboxylic acid groups (broad SMARTS) is 1. The molecule has 9 unspecified atom stereocenters. The third-order valence-electron chi connectivity index (χ3n) is 10.5. The molecule has 14 nitrogen and oxygen atoms in total. The number of Topliss-reactive ketones (excluding diaryl/α,β-unsaturated/α-hetero) is 2. The molecule has 9 atom stereocenters. The van der Waals surface area contributed by atoms with Gasteiger partial charge in [0.1, 0.15) is 30.6 Å². The zero-order valence-electron chi connectivity index (χ0n) is 36.1. The first kappa shape index (κ1) is 52.0. The molecule has 1 aliphatic carbocycles. The molecule has 2 fully saturated rings. The number of hydrogen-bond donors (Lipinski definition) is 7. The zero-order valence-corrected chi connectivity index (χ0v) is 36.1. The summed E-state index contributed by atoms with van der Waals surface area (Å²) in [6.45, 7) is 10.6. The number of carboxylic acids is 1. The summed E-state index contributed by atoms with van der Waals surface area (Å²) in [7, 11) is 1.91. The number of ketones is 2. The van der Waals surface area contributed by atoms with Crippen LogP contribution in [-0.4, -0.2) is 112 Å². The van der Waals surface area contributed by atoms with Crippen molar-refractivity contribution in [2.24, 2.45) is 29.2 Å². The van der Waals surface area contributed by atoms with Crippen LogP contribution in [0.2, 0.25) is 0 Å². The fraction of sp³-hybridized carbons (Fsp3) is 0.565. The highest BCUT2D eigenvalue weighted by Gasteiger charge is 2.48. The Morgan fingerprint density at radius 1 is 0.850 bits per heavy atom. The summed E-state index contributed by atoms with van der Waals surface area (Å²) >= 11 is 0. The van der Waals surface area contributed by atoms with E-state index in [0.717, 1.165) is 50.6 Å². The van der Waals surface area contributed by atoms with Gasteiger partial charge in [0.15, 0.2) is 24.0 Å². The van der Waals surface area contributed by atoms with E-state index in [1.165, 1.54) is 0 Å². The van der Waals surface area contributed by atoms with Crippen LogP contribution in [0.1, 0.15) is 86.0 Å². The Bertz CT molecular complexity index is 1610. The van der Waals surface area contributed by atoms with Crippen molar-refractivity contribution < 1.29 is 49.1 Å². The number of carbonyl (C=O) groups excluding carboxylic acids is 3. The number of aliphatic hydroxyl groups excluding tert-OH is 3. The second-order valence-corrected chi connectivity index (χ2v) is 15.9. The molecule has 0 aromatic rings. The molecule has 334 valence electrons. The molecule has 1 saturated heterocycles. The summed E-state index contributed by atoms with van der Waals surface area (Å²) < 4.78 is 11.7. The second kappa shape index (κ2) is 27.7. The first-order valence-corrected chi connectivity index (χ1v) is 20.9. The predicted molar refractivity (Wildman–Crippen MR) is 233 cm³/mol. The summed E-state index contributed by atoms with van der Waals surface area (Å²) in [6, 6.07) is -1.06. The molecule has 60 heavy (non-hydrogen) atoms. The Morgan fingerprint density at radius 2 is 1.47 bits per heavy atom. The van der Waals surface area contributed by atoms with E-state index in [-0.39, 0.29) is 36.2 Å². The molecule has 14 heteroatoms. The molecule has 2 aliphatic rings. The molecule has 2 rings (SSSR count). The van der Waals surface area contributed by atoms with Crippen LogP contribution < -0.4 is 16.8 Å². The van der Waals surface area contributed by atoms with E-state index in [4.69, 9.17) is 20.9 Å². The average Bonchev–Trinajstić information content (AvgIpc) is 3.51. The molecular weight excluding hydrogens is 769 g/mol. The minimum atomic E-state index is -1.83. The van der Waals surface area contributed by atoms with Gasteiger partial charge in [-0.15, -0.1) is 0 Å². The number of nitrogens with zero attached hydrogens (tertiary/aromatic N) is 1. The highest BCUT2D eigenvalue weighted by atomic mass is 16.7. The molecule has 1 saturated carbocycles.